The Balaban J connectivity index is 1.41. The summed E-state index contributed by atoms with van der Waals surface area (Å²) in [5.74, 6) is -0.426. The molecule has 0 saturated heterocycles. The Morgan fingerprint density at radius 3 is 1.95 bits per heavy atom. The highest BCUT2D eigenvalue weighted by Gasteiger charge is 2.31. The number of fused-ring (bicyclic) bond motifs is 1. The second-order valence-corrected chi connectivity index (χ2v) is 11.9. The van der Waals surface area contributed by atoms with E-state index in [1.807, 2.05) is 30.3 Å². The van der Waals surface area contributed by atoms with E-state index in [1.165, 1.54) is 30.3 Å². The Morgan fingerprint density at radius 1 is 0.707 bits per heavy atom. The van der Waals surface area contributed by atoms with Crippen molar-refractivity contribution in [2.75, 3.05) is 4.72 Å². The molecule has 0 aliphatic heterocycles. The summed E-state index contributed by atoms with van der Waals surface area (Å²) in [6.45, 7) is 0. The first-order chi connectivity index (χ1) is 19.3. The molecule has 0 unspecified atom stereocenters. The highest BCUT2D eigenvalue weighted by molar-refractivity contribution is 7.92. The lowest BCUT2D eigenvalue weighted by molar-refractivity contribution is -0.137. The average molecular weight is 602 g/mol. The molecule has 0 atom stereocenters. The molecule has 1 N–H and O–H groups in total. The molecular weight excluding hydrogens is 583 g/mol. The standard InChI is InChI=1S/C28H18F3NO7S2/c29-28(30,31)21-11-15-23(16-12-21)41(36,37)39-25-8-4-7-20-17-24(27(33)38-26(20)25)32-40(34,35)22-13-9-19(10-14-22)18-5-2-1-3-6-18/h1-17,32H. The van der Waals surface area contributed by atoms with E-state index in [9.17, 15) is 34.8 Å². The van der Waals surface area contributed by atoms with Gasteiger partial charge in [0.05, 0.1) is 10.5 Å². The third-order valence-electron chi connectivity index (χ3n) is 5.91. The fraction of sp³-hybridized carbons (Fsp3) is 0.0357. The Morgan fingerprint density at radius 2 is 1.32 bits per heavy atom. The van der Waals surface area contributed by atoms with Crippen LogP contribution >= 0.6 is 0 Å². The van der Waals surface area contributed by atoms with E-state index in [0.29, 0.717) is 12.1 Å². The minimum atomic E-state index is -4.66. The molecule has 4 aromatic carbocycles. The van der Waals surface area contributed by atoms with Gasteiger partial charge in [-0.15, -0.1) is 0 Å². The number of sulfonamides is 1. The van der Waals surface area contributed by atoms with E-state index in [-0.39, 0.29) is 15.9 Å². The third kappa shape index (κ3) is 5.95. The number of alkyl halides is 3. The van der Waals surface area contributed by atoms with Crippen LogP contribution in [0.3, 0.4) is 0 Å². The van der Waals surface area contributed by atoms with E-state index >= 15 is 0 Å². The summed E-state index contributed by atoms with van der Waals surface area (Å²) in [7, 11) is -8.83. The first-order valence-electron chi connectivity index (χ1n) is 11.7. The van der Waals surface area contributed by atoms with Gasteiger partial charge in [0.1, 0.15) is 10.6 Å². The van der Waals surface area contributed by atoms with Crippen molar-refractivity contribution in [3.05, 3.63) is 119 Å². The van der Waals surface area contributed by atoms with Gasteiger partial charge in [-0.05, 0) is 59.7 Å². The third-order valence-corrected chi connectivity index (χ3v) is 8.54. The molecule has 5 aromatic rings. The molecule has 13 heteroatoms. The van der Waals surface area contributed by atoms with Gasteiger partial charge < -0.3 is 8.60 Å². The number of halogens is 3. The SMILES string of the molecule is O=c1oc2c(OS(=O)(=O)c3ccc(C(F)(F)F)cc3)cccc2cc1NS(=O)(=O)c1ccc(-c2ccccc2)cc1. The Kier molecular flexibility index (Phi) is 7.09. The van der Waals surface area contributed by atoms with E-state index in [2.05, 4.69) is 4.72 Å². The molecule has 0 aliphatic carbocycles. The zero-order chi connectivity index (χ0) is 29.4. The van der Waals surface area contributed by atoms with Crippen LogP contribution in [0.25, 0.3) is 22.1 Å². The van der Waals surface area contributed by atoms with Gasteiger partial charge in [0.25, 0.3) is 10.0 Å². The van der Waals surface area contributed by atoms with Crippen LogP contribution in [0.4, 0.5) is 18.9 Å². The van der Waals surface area contributed by atoms with Crippen LogP contribution in [-0.4, -0.2) is 16.8 Å². The Labute approximate surface area is 231 Å². The van der Waals surface area contributed by atoms with Crippen molar-refractivity contribution in [3.8, 4) is 16.9 Å². The number of benzene rings is 4. The van der Waals surface area contributed by atoms with Gasteiger partial charge in [0, 0.05) is 5.39 Å². The van der Waals surface area contributed by atoms with Gasteiger partial charge >= 0.3 is 21.9 Å². The van der Waals surface area contributed by atoms with Crippen molar-refractivity contribution in [2.24, 2.45) is 0 Å². The Hall–Kier alpha value is -4.62. The summed E-state index contributed by atoms with van der Waals surface area (Å²) in [6.07, 6.45) is -4.66. The fourth-order valence-corrected chi connectivity index (χ4v) is 5.87. The zero-order valence-electron chi connectivity index (χ0n) is 20.6. The fourth-order valence-electron chi connectivity index (χ4n) is 3.89. The minimum Gasteiger partial charge on any atom is -0.417 e. The largest absolute Gasteiger partial charge is 0.417 e. The highest BCUT2D eigenvalue weighted by Crippen LogP contribution is 2.32. The average Bonchev–Trinajstić information content (AvgIpc) is 2.94. The van der Waals surface area contributed by atoms with Gasteiger partial charge in [-0.3, -0.25) is 4.72 Å². The predicted octanol–water partition coefficient (Wildman–Crippen LogP) is 6.05. The smallest absolute Gasteiger partial charge is 0.416 e. The predicted molar refractivity (Wildman–Crippen MR) is 144 cm³/mol. The quantitative estimate of drug-likeness (QED) is 0.178. The van der Waals surface area contributed by atoms with Crippen LogP contribution in [-0.2, 0) is 26.3 Å². The van der Waals surface area contributed by atoms with Crippen molar-refractivity contribution in [1.82, 2.24) is 0 Å². The van der Waals surface area contributed by atoms with Crippen LogP contribution in [0.15, 0.2) is 122 Å². The molecule has 41 heavy (non-hydrogen) atoms. The van der Waals surface area contributed by atoms with Gasteiger partial charge in [-0.25, -0.2) is 13.2 Å². The molecule has 0 amide bonds. The van der Waals surface area contributed by atoms with Crippen molar-refractivity contribution in [3.63, 3.8) is 0 Å². The lowest BCUT2D eigenvalue weighted by Gasteiger charge is -2.11. The number of hydrogen-bond donors (Lipinski definition) is 1. The topological polar surface area (TPSA) is 120 Å². The number of para-hydroxylation sites is 1. The van der Waals surface area contributed by atoms with Crippen molar-refractivity contribution in [1.29, 1.82) is 0 Å². The summed E-state index contributed by atoms with van der Waals surface area (Å²) in [5, 5.41) is 0.113. The second-order valence-electron chi connectivity index (χ2n) is 8.68. The normalized spacial score (nSPS) is 12.3. The van der Waals surface area contributed by atoms with Crippen LogP contribution in [0.5, 0.6) is 5.75 Å². The van der Waals surface area contributed by atoms with Crippen molar-refractivity contribution >= 4 is 36.8 Å². The number of anilines is 1. The van der Waals surface area contributed by atoms with Crippen LogP contribution < -0.4 is 14.5 Å². The summed E-state index contributed by atoms with van der Waals surface area (Å²) < 4.78 is 102. The number of rotatable bonds is 7. The Bertz CT molecular complexity index is 2010. The first kappa shape index (κ1) is 27.9. The maximum atomic E-state index is 13.0. The molecular formula is C28H18F3NO7S2. The van der Waals surface area contributed by atoms with Gasteiger partial charge in [-0.1, -0.05) is 54.6 Å². The van der Waals surface area contributed by atoms with E-state index in [4.69, 9.17) is 8.60 Å². The molecule has 5 rings (SSSR count). The number of nitrogens with one attached hydrogen (secondary N) is 1. The van der Waals surface area contributed by atoms with Crippen LogP contribution in [0, 0.1) is 0 Å². The summed E-state index contributed by atoms with van der Waals surface area (Å²) >= 11 is 0. The molecule has 1 aromatic heterocycles. The maximum Gasteiger partial charge on any atom is 0.416 e. The van der Waals surface area contributed by atoms with Crippen molar-refractivity contribution < 1.29 is 38.6 Å². The minimum absolute atomic E-state index is 0.113. The van der Waals surface area contributed by atoms with Crippen molar-refractivity contribution in [2.45, 2.75) is 16.0 Å². The maximum absolute atomic E-state index is 13.0. The van der Waals surface area contributed by atoms with E-state index in [1.54, 1.807) is 12.1 Å². The molecule has 210 valence electrons. The van der Waals surface area contributed by atoms with Gasteiger partial charge in [0.15, 0.2) is 11.3 Å². The lowest BCUT2D eigenvalue weighted by Crippen LogP contribution is -2.18. The van der Waals surface area contributed by atoms with E-state index < -0.39 is 53.8 Å². The molecule has 0 spiro atoms. The monoisotopic (exact) mass is 601 g/mol. The van der Waals surface area contributed by atoms with Crippen LogP contribution in [0.2, 0.25) is 0 Å². The lowest BCUT2D eigenvalue weighted by atomic mass is 10.1. The molecule has 0 bridgehead atoms. The molecule has 0 aliphatic rings. The molecule has 8 nitrogen and oxygen atoms in total. The zero-order valence-corrected chi connectivity index (χ0v) is 22.3. The second kappa shape index (κ2) is 10.4. The molecule has 0 saturated carbocycles. The summed E-state index contributed by atoms with van der Waals surface area (Å²) in [5.41, 5.74) is -1.26. The van der Waals surface area contributed by atoms with E-state index in [0.717, 1.165) is 29.3 Å². The molecule has 0 fully saturated rings. The van der Waals surface area contributed by atoms with Gasteiger partial charge in [-0.2, -0.15) is 21.6 Å². The highest BCUT2D eigenvalue weighted by atomic mass is 32.2. The van der Waals surface area contributed by atoms with Gasteiger partial charge in [0.2, 0.25) is 0 Å². The summed E-state index contributed by atoms with van der Waals surface area (Å²) in [6, 6.07) is 23.0. The first-order valence-corrected chi connectivity index (χ1v) is 14.6. The summed E-state index contributed by atoms with van der Waals surface area (Å²) in [4.78, 5) is 12.0. The van der Waals surface area contributed by atoms with Crippen LogP contribution in [0.1, 0.15) is 5.56 Å². The molecule has 1 heterocycles. The number of hydrogen-bond acceptors (Lipinski definition) is 7. The molecule has 0 radical (unpaired) electrons.